The highest BCUT2D eigenvalue weighted by atomic mass is 16.6. The van der Waals surface area contributed by atoms with Crippen LogP contribution >= 0.6 is 0 Å². The van der Waals surface area contributed by atoms with Gasteiger partial charge in [-0.2, -0.15) is 5.01 Å². The monoisotopic (exact) mass is 265 g/mol. The van der Waals surface area contributed by atoms with E-state index in [9.17, 15) is 9.59 Å². The Labute approximate surface area is 112 Å². The number of carbonyl (C=O) groups excluding carboxylic acids is 2. The van der Waals surface area contributed by atoms with E-state index in [1.54, 1.807) is 46.8 Å². The zero-order valence-corrected chi connectivity index (χ0v) is 11.9. The van der Waals surface area contributed by atoms with E-state index in [4.69, 9.17) is 10.6 Å². The van der Waals surface area contributed by atoms with E-state index in [2.05, 4.69) is 4.98 Å². The summed E-state index contributed by atoms with van der Waals surface area (Å²) in [7, 11) is 0. The third-order valence-electron chi connectivity index (χ3n) is 2.14. The Balaban J connectivity index is 2.90. The van der Waals surface area contributed by atoms with E-state index in [0.29, 0.717) is 22.0 Å². The molecule has 1 heterocycles. The third-order valence-corrected chi connectivity index (χ3v) is 2.14. The number of amides is 2. The average molecular weight is 265 g/mol. The lowest BCUT2D eigenvalue weighted by Crippen LogP contribution is -2.45. The molecule has 0 saturated heterocycles. The first-order chi connectivity index (χ1) is 8.60. The fraction of sp³-hybridized carbons (Fsp3) is 0.462. The van der Waals surface area contributed by atoms with Crippen molar-refractivity contribution >= 4 is 12.0 Å². The number of hydrogen-bond donors (Lipinski definition) is 1. The third kappa shape index (κ3) is 4.33. The fourth-order valence-corrected chi connectivity index (χ4v) is 1.49. The second-order valence-electron chi connectivity index (χ2n) is 5.29. The van der Waals surface area contributed by atoms with Crippen LogP contribution in [0.1, 0.15) is 42.5 Å². The van der Waals surface area contributed by atoms with E-state index in [0.717, 1.165) is 0 Å². The van der Waals surface area contributed by atoms with Crippen LogP contribution in [0.4, 0.5) is 4.79 Å². The maximum Gasteiger partial charge on any atom is 0.432 e. The lowest BCUT2D eigenvalue weighted by atomic mass is 10.2. The quantitative estimate of drug-likeness (QED) is 0.476. The van der Waals surface area contributed by atoms with Gasteiger partial charge in [0.25, 0.3) is 5.91 Å². The summed E-state index contributed by atoms with van der Waals surface area (Å²) in [5.74, 6) is 4.87. The lowest BCUT2D eigenvalue weighted by molar-refractivity contribution is 0.0239. The minimum atomic E-state index is -0.885. The first kappa shape index (κ1) is 15.1. The molecule has 0 aliphatic rings. The Morgan fingerprint density at radius 3 is 2.11 bits per heavy atom. The largest absolute Gasteiger partial charge is 0.442 e. The summed E-state index contributed by atoms with van der Waals surface area (Å²) in [6, 6.07) is 3.14. The van der Waals surface area contributed by atoms with Crippen LogP contribution in [0.5, 0.6) is 0 Å². The first-order valence-electron chi connectivity index (χ1n) is 5.87. The van der Waals surface area contributed by atoms with Gasteiger partial charge in [0.05, 0.1) is 0 Å². The number of hydrazine groups is 1. The summed E-state index contributed by atoms with van der Waals surface area (Å²) in [5.41, 5.74) is 0.958. The second kappa shape index (κ2) is 5.36. The minimum Gasteiger partial charge on any atom is -0.442 e. The Kier molecular flexibility index (Phi) is 4.26. The molecule has 6 nitrogen and oxygen atoms in total. The average Bonchev–Trinajstić information content (AvgIpc) is 2.23. The number of rotatable bonds is 1. The molecular formula is C13H19N3O3. The van der Waals surface area contributed by atoms with E-state index in [-0.39, 0.29) is 0 Å². The maximum atomic E-state index is 12.0. The van der Waals surface area contributed by atoms with Crippen molar-refractivity contribution in [3.8, 4) is 0 Å². The molecule has 0 aromatic carbocycles. The first-order valence-corrected chi connectivity index (χ1v) is 5.87. The molecular weight excluding hydrogens is 246 g/mol. The van der Waals surface area contributed by atoms with Crippen LogP contribution < -0.4 is 5.84 Å². The van der Waals surface area contributed by atoms with Crippen LogP contribution in [-0.4, -0.2) is 27.6 Å². The number of carbonyl (C=O) groups is 2. The second-order valence-corrected chi connectivity index (χ2v) is 5.29. The van der Waals surface area contributed by atoms with Crippen LogP contribution in [0.15, 0.2) is 12.1 Å². The van der Waals surface area contributed by atoms with Crippen LogP contribution in [0, 0.1) is 13.8 Å². The van der Waals surface area contributed by atoms with Gasteiger partial charge in [-0.25, -0.2) is 10.6 Å². The standard InChI is InChI=1S/C13H19N3O3/c1-8-6-10(7-9(2)15-8)11(17)16(14)12(18)19-13(3,4)5/h6-7H,14H2,1-5H3. The molecule has 0 saturated carbocycles. The molecule has 6 heteroatoms. The Hall–Kier alpha value is -1.95. The topological polar surface area (TPSA) is 85.5 Å². The summed E-state index contributed by atoms with van der Waals surface area (Å²) in [6.45, 7) is 8.62. The molecule has 0 bridgehead atoms. The summed E-state index contributed by atoms with van der Waals surface area (Å²) in [4.78, 5) is 27.9. The molecule has 1 aromatic rings. The van der Waals surface area contributed by atoms with E-state index >= 15 is 0 Å². The molecule has 104 valence electrons. The molecule has 0 unspecified atom stereocenters. The molecule has 0 atom stereocenters. The van der Waals surface area contributed by atoms with E-state index in [1.165, 1.54) is 0 Å². The smallest absolute Gasteiger partial charge is 0.432 e. The highest BCUT2D eigenvalue weighted by Crippen LogP contribution is 2.11. The number of pyridine rings is 1. The molecule has 1 aromatic heterocycles. The van der Waals surface area contributed by atoms with Gasteiger partial charge >= 0.3 is 6.09 Å². The molecule has 0 spiro atoms. The van der Waals surface area contributed by atoms with Gasteiger partial charge in [0.1, 0.15) is 5.60 Å². The van der Waals surface area contributed by atoms with Crippen LogP contribution in [-0.2, 0) is 4.74 Å². The SMILES string of the molecule is Cc1cc(C(=O)N(N)C(=O)OC(C)(C)C)cc(C)n1. The van der Waals surface area contributed by atoms with Crippen LogP contribution in [0.3, 0.4) is 0 Å². The van der Waals surface area contributed by atoms with Gasteiger partial charge in [-0.05, 0) is 46.8 Å². The molecule has 0 radical (unpaired) electrons. The Bertz CT molecular complexity index is 486. The number of nitrogens with two attached hydrogens (primary N) is 1. The maximum absolute atomic E-state index is 12.0. The van der Waals surface area contributed by atoms with Crippen molar-refractivity contribution < 1.29 is 14.3 Å². The normalized spacial score (nSPS) is 11.1. The van der Waals surface area contributed by atoms with Gasteiger partial charge < -0.3 is 4.74 Å². The van der Waals surface area contributed by atoms with Crippen molar-refractivity contribution in [3.63, 3.8) is 0 Å². The summed E-state index contributed by atoms with van der Waals surface area (Å²) in [5, 5.41) is 0.472. The number of aryl methyl sites for hydroxylation is 2. The van der Waals surface area contributed by atoms with Gasteiger partial charge in [-0.3, -0.25) is 9.78 Å². The zero-order chi connectivity index (χ0) is 14.8. The van der Waals surface area contributed by atoms with Gasteiger partial charge in [0.2, 0.25) is 0 Å². The van der Waals surface area contributed by atoms with Crippen LogP contribution in [0.2, 0.25) is 0 Å². The van der Waals surface area contributed by atoms with E-state index < -0.39 is 17.6 Å². The molecule has 0 aliphatic carbocycles. The van der Waals surface area contributed by atoms with Gasteiger partial charge in [-0.15, -0.1) is 0 Å². The van der Waals surface area contributed by atoms with Crippen LogP contribution in [0.25, 0.3) is 0 Å². The predicted molar refractivity (Wildman–Crippen MR) is 70.3 cm³/mol. The fourth-order valence-electron chi connectivity index (χ4n) is 1.49. The molecule has 2 N–H and O–H groups in total. The number of hydrogen-bond acceptors (Lipinski definition) is 5. The molecule has 0 aliphatic heterocycles. The van der Waals surface area contributed by atoms with Crippen molar-refractivity contribution in [1.82, 2.24) is 9.99 Å². The minimum absolute atomic E-state index is 0.304. The summed E-state index contributed by atoms with van der Waals surface area (Å²) >= 11 is 0. The lowest BCUT2D eigenvalue weighted by Gasteiger charge is -2.23. The molecule has 0 fully saturated rings. The summed E-state index contributed by atoms with van der Waals surface area (Å²) < 4.78 is 5.03. The number of ether oxygens (including phenoxy) is 1. The van der Waals surface area contributed by atoms with Crippen molar-refractivity contribution in [2.24, 2.45) is 5.84 Å². The number of aromatic nitrogens is 1. The number of nitrogens with zero attached hydrogens (tertiary/aromatic N) is 2. The van der Waals surface area contributed by atoms with Gasteiger partial charge in [0.15, 0.2) is 0 Å². The predicted octanol–water partition coefficient (Wildman–Crippen LogP) is 1.95. The van der Waals surface area contributed by atoms with Crippen molar-refractivity contribution in [2.75, 3.05) is 0 Å². The molecule has 19 heavy (non-hydrogen) atoms. The van der Waals surface area contributed by atoms with Crippen molar-refractivity contribution in [1.29, 1.82) is 0 Å². The molecule has 2 amide bonds. The van der Waals surface area contributed by atoms with Gasteiger partial charge in [0, 0.05) is 17.0 Å². The summed E-state index contributed by atoms with van der Waals surface area (Å²) in [6.07, 6.45) is -0.885. The highest BCUT2D eigenvalue weighted by Gasteiger charge is 2.25. The molecule has 1 rings (SSSR count). The van der Waals surface area contributed by atoms with Gasteiger partial charge in [-0.1, -0.05) is 0 Å². The Morgan fingerprint density at radius 1 is 1.21 bits per heavy atom. The Morgan fingerprint density at radius 2 is 1.68 bits per heavy atom. The van der Waals surface area contributed by atoms with E-state index in [1.807, 2.05) is 0 Å². The zero-order valence-electron chi connectivity index (χ0n) is 11.9. The van der Waals surface area contributed by atoms with Crippen molar-refractivity contribution in [2.45, 2.75) is 40.2 Å². The highest BCUT2D eigenvalue weighted by molar-refractivity contribution is 6.02. The number of imide groups is 1. The van der Waals surface area contributed by atoms with Crippen molar-refractivity contribution in [3.05, 3.63) is 29.1 Å².